The number of rotatable bonds is 6. The third kappa shape index (κ3) is 4.86. The summed E-state index contributed by atoms with van der Waals surface area (Å²) < 4.78 is 5.58. The quantitative estimate of drug-likeness (QED) is 0.859. The number of thiazole rings is 1. The van der Waals surface area contributed by atoms with E-state index in [1.165, 1.54) is 10.6 Å². The lowest BCUT2D eigenvalue weighted by Crippen LogP contribution is -2.35. The van der Waals surface area contributed by atoms with Gasteiger partial charge in [0.25, 0.3) is 0 Å². The Labute approximate surface area is 121 Å². The van der Waals surface area contributed by atoms with Gasteiger partial charge in [-0.1, -0.05) is 20.8 Å². The van der Waals surface area contributed by atoms with Gasteiger partial charge in [-0.05, 0) is 33.1 Å². The second-order valence-corrected chi connectivity index (χ2v) is 7.39. The Kier molecular flexibility index (Phi) is 5.96. The van der Waals surface area contributed by atoms with Crippen LogP contribution in [0.15, 0.2) is 0 Å². The highest BCUT2D eigenvalue weighted by atomic mass is 32.1. The van der Waals surface area contributed by atoms with Gasteiger partial charge in [-0.3, -0.25) is 0 Å². The molecule has 0 saturated carbocycles. The molecule has 1 unspecified atom stereocenters. The van der Waals surface area contributed by atoms with E-state index in [4.69, 9.17) is 9.72 Å². The van der Waals surface area contributed by atoms with Gasteiger partial charge in [0.05, 0.1) is 5.69 Å². The molecule has 1 rings (SSSR count). The molecule has 0 aromatic carbocycles. The van der Waals surface area contributed by atoms with Crippen LogP contribution in [-0.4, -0.2) is 17.6 Å². The van der Waals surface area contributed by atoms with E-state index in [1.807, 2.05) is 0 Å². The summed E-state index contributed by atoms with van der Waals surface area (Å²) in [6, 6.07) is 0. The number of nitrogens with one attached hydrogen (secondary N) is 1. The van der Waals surface area contributed by atoms with E-state index in [0.29, 0.717) is 5.92 Å². The maximum atomic E-state index is 5.58. The number of hydrogen-bond donors (Lipinski definition) is 1. The van der Waals surface area contributed by atoms with Gasteiger partial charge >= 0.3 is 0 Å². The van der Waals surface area contributed by atoms with Crippen molar-refractivity contribution in [1.82, 2.24) is 10.3 Å². The molecular formula is C15H28N2OS. The minimum Gasteiger partial charge on any atom is -0.374 e. The van der Waals surface area contributed by atoms with Gasteiger partial charge in [-0.25, -0.2) is 4.98 Å². The Morgan fingerprint density at radius 1 is 1.32 bits per heavy atom. The fourth-order valence-electron chi connectivity index (χ4n) is 1.94. The molecule has 0 saturated heterocycles. The highest BCUT2D eigenvalue weighted by Crippen LogP contribution is 2.31. The van der Waals surface area contributed by atoms with Crippen molar-refractivity contribution < 1.29 is 4.74 Å². The predicted molar refractivity (Wildman–Crippen MR) is 82.7 cm³/mol. The molecule has 19 heavy (non-hydrogen) atoms. The molecule has 0 fully saturated rings. The van der Waals surface area contributed by atoms with Crippen molar-refractivity contribution >= 4 is 11.3 Å². The molecule has 1 aromatic heterocycles. The van der Waals surface area contributed by atoms with Crippen LogP contribution in [0.3, 0.4) is 0 Å². The van der Waals surface area contributed by atoms with Gasteiger partial charge in [0, 0.05) is 24.1 Å². The van der Waals surface area contributed by atoms with E-state index >= 15 is 0 Å². The predicted octanol–water partition coefficient (Wildman–Crippen LogP) is 3.94. The Morgan fingerprint density at radius 3 is 2.37 bits per heavy atom. The van der Waals surface area contributed by atoms with Gasteiger partial charge in [0.15, 0.2) is 0 Å². The van der Waals surface area contributed by atoms with E-state index in [-0.39, 0.29) is 11.6 Å². The summed E-state index contributed by atoms with van der Waals surface area (Å²) in [5.74, 6) is 0.448. The molecule has 0 radical (unpaired) electrons. The normalized spacial score (nSPS) is 14.1. The largest absolute Gasteiger partial charge is 0.374 e. The Bertz CT molecular complexity index is 393. The van der Waals surface area contributed by atoms with Gasteiger partial charge in [-0.15, -0.1) is 11.3 Å². The third-order valence-corrected chi connectivity index (χ3v) is 4.17. The molecule has 0 aliphatic carbocycles. The average molecular weight is 284 g/mol. The Balaban J connectivity index is 2.90. The monoisotopic (exact) mass is 284 g/mol. The standard InChI is InChI=1S/C15H28N2OS/c1-8-11-12(9-16-15(4,5)6)19-14(17-11)13(18-7)10(2)3/h10,13,16H,8-9H2,1-7H3. The van der Waals surface area contributed by atoms with Crippen LogP contribution < -0.4 is 5.32 Å². The molecule has 0 amide bonds. The van der Waals surface area contributed by atoms with E-state index in [2.05, 4.69) is 46.9 Å². The minimum absolute atomic E-state index is 0.110. The molecule has 1 heterocycles. The van der Waals surface area contributed by atoms with Crippen LogP contribution in [0, 0.1) is 5.92 Å². The maximum Gasteiger partial charge on any atom is 0.122 e. The van der Waals surface area contributed by atoms with Gasteiger partial charge < -0.3 is 10.1 Å². The summed E-state index contributed by atoms with van der Waals surface area (Å²) in [6.45, 7) is 14.0. The van der Waals surface area contributed by atoms with Crippen molar-refractivity contribution in [2.45, 2.75) is 66.2 Å². The lowest BCUT2D eigenvalue weighted by molar-refractivity contribution is 0.0643. The molecule has 0 aliphatic rings. The van der Waals surface area contributed by atoms with E-state index < -0.39 is 0 Å². The maximum absolute atomic E-state index is 5.58. The SMILES string of the molecule is CCc1nc(C(OC)C(C)C)sc1CNC(C)(C)C. The lowest BCUT2D eigenvalue weighted by Gasteiger charge is -2.20. The van der Waals surface area contributed by atoms with Crippen molar-refractivity contribution in [3.8, 4) is 0 Å². The summed E-state index contributed by atoms with van der Waals surface area (Å²) in [6.07, 6.45) is 1.09. The number of methoxy groups -OCH3 is 1. The topological polar surface area (TPSA) is 34.1 Å². The fourth-order valence-corrected chi connectivity index (χ4v) is 3.29. The zero-order valence-corrected chi connectivity index (χ0v) is 14.1. The molecule has 0 bridgehead atoms. The number of aryl methyl sites for hydroxylation is 1. The first-order valence-corrected chi connectivity index (χ1v) is 7.86. The van der Waals surface area contributed by atoms with Crippen LogP contribution in [0.1, 0.15) is 63.2 Å². The van der Waals surface area contributed by atoms with Crippen LogP contribution in [0.5, 0.6) is 0 Å². The zero-order chi connectivity index (χ0) is 14.6. The molecule has 3 nitrogen and oxygen atoms in total. The fraction of sp³-hybridized carbons (Fsp3) is 0.800. The van der Waals surface area contributed by atoms with Gasteiger partial charge in [0.2, 0.25) is 0 Å². The van der Waals surface area contributed by atoms with Gasteiger partial charge in [0.1, 0.15) is 11.1 Å². The summed E-state index contributed by atoms with van der Waals surface area (Å²) >= 11 is 1.79. The van der Waals surface area contributed by atoms with Crippen LogP contribution in [0.4, 0.5) is 0 Å². The molecule has 0 aliphatic heterocycles. The molecule has 0 spiro atoms. The molecule has 4 heteroatoms. The van der Waals surface area contributed by atoms with Crippen molar-refractivity contribution in [3.63, 3.8) is 0 Å². The second kappa shape index (κ2) is 6.82. The van der Waals surface area contributed by atoms with Crippen LogP contribution in [0.25, 0.3) is 0 Å². The third-order valence-electron chi connectivity index (χ3n) is 3.01. The number of hydrogen-bond acceptors (Lipinski definition) is 4. The van der Waals surface area contributed by atoms with Crippen molar-refractivity contribution in [2.75, 3.05) is 7.11 Å². The van der Waals surface area contributed by atoms with E-state index in [9.17, 15) is 0 Å². The number of nitrogens with zero attached hydrogens (tertiary/aromatic N) is 1. The van der Waals surface area contributed by atoms with E-state index in [1.54, 1.807) is 18.4 Å². The summed E-state index contributed by atoms with van der Waals surface area (Å²) in [5.41, 5.74) is 1.34. The van der Waals surface area contributed by atoms with Crippen LogP contribution in [-0.2, 0) is 17.7 Å². The highest BCUT2D eigenvalue weighted by molar-refractivity contribution is 7.11. The molecule has 1 aromatic rings. The van der Waals surface area contributed by atoms with Crippen LogP contribution in [0.2, 0.25) is 0 Å². The Hall–Kier alpha value is -0.450. The lowest BCUT2D eigenvalue weighted by atomic mass is 10.1. The van der Waals surface area contributed by atoms with Crippen molar-refractivity contribution in [2.24, 2.45) is 5.92 Å². The summed E-state index contributed by atoms with van der Waals surface area (Å²) in [4.78, 5) is 6.12. The smallest absolute Gasteiger partial charge is 0.122 e. The van der Waals surface area contributed by atoms with Crippen LogP contribution >= 0.6 is 11.3 Å². The number of ether oxygens (including phenoxy) is 1. The second-order valence-electron chi connectivity index (χ2n) is 6.28. The molecule has 1 N–H and O–H groups in total. The first-order chi connectivity index (χ1) is 8.78. The van der Waals surface area contributed by atoms with Crippen molar-refractivity contribution in [3.05, 3.63) is 15.6 Å². The zero-order valence-electron chi connectivity index (χ0n) is 13.3. The summed E-state index contributed by atoms with van der Waals surface area (Å²) in [5, 5.41) is 4.65. The minimum atomic E-state index is 0.110. The molecular weight excluding hydrogens is 256 g/mol. The van der Waals surface area contributed by atoms with Crippen molar-refractivity contribution in [1.29, 1.82) is 0 Å². The number of aromatic nitrogens is 1. The van der Waals surface area contributed by atoms with Gasteiger partial charge in [-0.2, -0.15) is 0 Å². The first-order valence-electron chi connectivity index (χ1n) is 7.04. The average Bonchev–Trinajstić information content (AvgIpc) is 2.69. The summed E-state index contributed by atoms with van der Waals surface area (Å²) in [7, 11) is 1.77. The first kappa shape index (κ1) is 16.6. The Morgan fingerprint density at radius 2 is 1.95 bits per heavy atom. The molecule has 1 atom stereocenters. The molecule has 110 valence electrons. The van der Waals surface area contributed by atoms with E-state index in [0.717, 1.165) is 18.0 Å². The highest BCUT2D eigenvalue weighted by Gasteiger charge is 2.21.